The third-order valence-corrected chi connectivity index (χ3v) is 3.96. The Morgan fingerprint density at radius 2 is 1.69 bits per heavy atom. The predicted octanol–water partition coefficient (Wildman–Crippen LogP) is 3.48. The summed E-state index contributed by atoms with van der Waals surface area (Å²) in [6.07, 6.45) is 0.409. The van der Waals surface area contributed by atoms with Gasteiger partial charge in [-0.05, 0) is 39.3 Å². The molecule has 0 spiro atoms. The van der Waals surface area contributed by atoms with Crippen molar-refractivity contribution < 1.29 is 9.53 Å². The Bertz CT molecular complexity index is 536. The Morgan fingerprint density at radius 3 is 2.31 bits per heavy atom. The lowest BCUT2D eigenvalue weighted by Crippen LogP contribution is -2.40. The van der Waals surface area contributed by atoms with Gasteiger partial charge in [-0.2, -0.15) is 0 Å². The number of aliphatic imine (C=N–C) groups is 1. The highest BCUT2D eigenvalue weighted by molar-refractivity contribution is 14.0. The van der Waals surface area contributed by atoms with Crippen LogP contribution in [0.25, 0.3) is 0 Å². The van der Waals surface area contributed by atoms with Crippen molar-refractivity contribution in [3.8, 4) is 0 Å². The molecule has 1 aromatic carbocycles. The average Bonchev–Trinajstić information content (AvgIpc) is 2.55. The van der Waals surface area contributed by atoms with E-state index in [-0.39, 0.29) is 30.1 Å². The molecule has 1 aromatic rings. The number of hydrogen-bond donors (Lipinski definition) is 3. The molecule has 1 amide bonds. The molecular weight excluding hydrogens is 463 g/mol. The van der Waals surface area contributed by atoms with E-state index in [1.165, 1.54) is 4.90 Å². The van der Waals surface area contributed by atoms with Crippen molar-refractivity contribution >= 4 is 47.8 Å². The molecule has 0 saturated carbocycles. The van der Waals surface area contributed by atoms with Crippen molar-refractivity contribution in [3.63, 3.8) is 0 Å². The number of alkyl carbamates (subject to hydrolysis) is 1. The maximum atomic E-state index is 11.5. The van der Waals surface area contributed by atoms with Gasteiger partial charge in [0.25, 0.3) is 0 Å². The molecule has 0 aromatic heterocycles. The minimum Gasteiger partial charge on any atom is -0.444 e. The van der Waals surface area contributed by atoms with Crippen LogP contribution in [0, 0.1) is 0 Å². The highest BCUT2D eigenvalue weighted by Crippen LogP contribution is 2.15. The first-order chi connectivity index (χ1) is 11.9. The lowest BCUT2D eigenvalue weighted by atomic mass is 10.2. The average molecular weight is 494 g/mol. The zero-order valence-corrected chi connectivity index (χ0v) is 19.1. The number of ether oxygens (including phenoxy) is 1. The maximum absolute atomic E-state index is 11.5. The van der Waals surface area contributed by atoms with Gasteiger partial charge in [0.2, 0.25) is 0 Å². The van der Waals surface area contributed by atoms with E-state index in [4.69, 9.17) is 4.74 Å². The minimum atomic E-state index is -0.466. The van der Waals surface area contributed by atoms with E-state index in [1.54, 1.807) is 18.8 Å². The molecule has 0 aliphatic heterocycles. The van der Waals surface area contributed by atoms with E-state index in [1.807, 2.05) is 39.0 Å². The zero-order chi connectivity index (χ0) is 18.5. The number of nitrogens with one attached hydrogen (secondary N) is 3. The molecule has 26 heavy (non-hydrogen) atoms. The monoisotopic (exact) mass is 494 g/mol. The van der Waals surface area contributed by atoms with Gasteiger partial charge < -0.3 is 20.7 Å². The van der Waals surface area contributed by atoms with E-state index in [0.717, 1.165) is 31.2 Å². The second-order valence-electron chi connectivity index (χ2n) is 6.37. The van der Waals surface area contributed by atoms with Crippen LogP contribution in [0.2, 0.25) is 0 Å². The molecule has 0 saturated heterocycles. The number of benzene rings is 1. The van der Waals surface area contributed by atoms with Gasteiger partial charge in [0.1, 0.15) is 5.60 Å². The molecular formula is C18H31IN4O2S. The number of halogens is 1. The Hall–Kier alpha value is -1.16. The molecule has 0 fully saturated rings. The summed E-state index contributed by atoms with van der Waals surface area (Å²) < 4.78 is 5.18. The molecule has 8 heteroatoms. The number of amides is 1. The summed E-state index contributed by atoms with van der Waals surface area (Å²) in [4.78, 5) is 17.0. The molecule has 148 valence electrons. The van der Waals surface area contributed by atoms with Crippen LogP contribution in [0.5, 0.6) is 0 Å². The Balaban J connectivity index is 0.00000625. The predicted molar refractivity (Wildman–Crippen MR) is 121 cm³/mol. The van der Waals surface area contributed by atoms with Crippen LogP contribution >= 0.6 is 35.7 Å². The number of hydrogen-bond acceptors (Lipinski definition) is 4. The SMILES string of the molecule is CN=C(NCCCNC(=O)OC(C)(C)C)NCCSc1ccccc1.I. The van der Waals surface area contributed by atoms with E-state index >= 15 is 0 Å². The van der Waals surface area contributed by atoms with Crippen molar-refractivity contribution in [2.75, 3.05) is 32.4 Å². The number of carbonyl (C=O) groups is 1. The molecule has 3 N–H and O–H groups in total. The molecule has 0 bridgehead atoms. The number of nitrogens with zero attached hydrogens (tertiary/aromatic N) is 1. The summed E-state index contributed by atoms with van der Waals surface area (Å²) in [5.41, 5.74) is -0.466. The van der Waals surface area contributed by atoms with Crippen LogP contribution in [-0.4, -0.2) is 50.1 Å². The fourth-order valence-electron chi connectivity index (χ4n) is 1.88. The van der Waals surface area contributed by atoms with E-state index in [0.29, 0.717) is 6.54 Å². The smallest absolute Gasteiger partial charge is 0.407 e. The van der Waals surface area contributed by atoms with Crippen molar-refractivity contribution in [2.45, 2.75) is 37.7 Å². The van der Waals surface area contributed by atoms with Crippen molar-refractivity contribution in [3.05, 3.63) is 30.3 Å². The Labute approximate surface area is 178 Å². The molecule has 0 aliphatic rings. The summed E-state index contributed by atoms with van der Waals surface area (Å²) in [6, 6.07) is 10.3. The quantitative estimate of drug-likeness (QED) is 0.170. The highest BCUT2D eigenvalue weighted by atomic mass is 127. The summed E-state index contributed by atoms with van der Waals surface area (Å²) in [6.45, 7) is 7.65. The van der Waals surface area contributed by atoms with Crippen LogP contribution < -0.4 is 16.0 Å². The third-order valence-electron chi connectivity index (χ3n) is 2.94. The lowest BCUT2D eigenvalue weighted by molar-refractivity contribution is 0.0527. The van der Waals surface area contributed by atoms with Gasteiger partial charge in [0, 0.05) is 37.3 Å². The lowest BCUT2D eigenvalue weighted by Gasteiger charge is -2.19. The van der Waals surface area contributed by atoms with Gasteiger partial charge in [0.15, 0.2) is 5.96 Å². The first-order valence-electron chi connectivity index (χ1n) is 8.50. The fraction of sp³-hybridized carbons (Fsp3) is 0.556. The topological polar surface area (TPSA) is 74.8 Å². The largest absolute Gasteiger partial charge is 0.444 e. The van der Waals surface area contributed by atoms with Gasteiger partial charge in [-0.15, -0.1) is 35.7 Å². The highest BCUT2D eigenvalue weighted by Gasteiger charge is 2.15. The Morgan fingerprint density at radius 1 is 1.08 bits per heavy atom. The van der Waals surface area contributed by atoms with Gasteiger partial charge in [0.05, 0.1) is 0 Å². The summed E-state index contributed by atoms with van der Waals surface area (Å²) in [5.74, 6) is 1.73. The summed E-state index contributed by atoms with van der Waals surface area (Å²) in [5, 5.41) is 9.24. The van der Waals surface area contributed by atoms with E-state index in [2.05, 4.69) is 33.1 Å². The number of thioether (sulfide) groups is 1. The summed E-state index contributed by atoms with van der Waals surface area (Å²) >= 11 is 1.81. The molecule has 0 atom stereocenters. The number of guanidine groups is 1. The fourth-order valence-corrected chi connectivity index (χ4v) is 2.66. The van der Waals surface area contributed by atoms with Gasteiger partial charge in [-0.1, -0.05) is 18.2 Å². The number of carbonyl (C=O) groups excluding carboxylic acids is 1. The van der Waals surface area contributed by atoms with E-state index in [9.17, 15) is 4.79 Å². The Kier molecular flexibility index (Phi) is 13.3. The third kappa shape index (κ3) is 13.1. The first-order valence-corrected chi connectivity index (χ1v) is 9.48. The first kappa shape index (κ1) is 24.8. The molecule has 6 nitrogen and oxygen atoms in total. The van der Waals surface area contributed by atoms with Crippen LogP contribution in [0.3, 0.4) is 0 Å². The van der Waals surface area contributed by atoms with E-state index < -0.39 is 5.60 Å². The van der Waals surface area contributed by atoms with Crippen molar-refractivity contribution in [2.24, 2.45) is 4.99 Å². The second kappa shape index (κ2) is 14.0. The van der Waals surface area contributed by atoms with Gasteiger partial charge in [-0.25, -0.2) is 4.79 Å². The van der Waals surface area contributed by atoms with Crippen LogP contribution in [0.15, 0.2) is 40.2 Å². The standard InChI is InChI=1S/C18H30N4O2S.HI/c1-18(2,3)24-17(23)22-12-8-11-20-16(19-4)21-13-14-25-15-9-6-5-7-10-15;/h5-7,9-10H,8,11-14H2,1-4H3,(H,22,23)(H2,19,20,21);1H. The molecule has 0 unspecified atom stereocenters. The number of rotatable bonds is 8. The molecule has 0 radical (unpaired) electrons. The second-order valence-corrected chi connectivity index (χ2v) is 7.54. The molecule has 0 heterocycles. The van der Waals surface area contributed by atoms with Crippen molar-refractivity contribution in [1.82, 2.24) is 16.0 Å². The van der Waals surface area contributed by atoms with Crippen LogP contribution in [-0.2, 0) is 4.74 Å². The van der Waals surface area contributed by atoms with Gasteiger partial charge >= 0.3 is 6.09 Å². The van der Waals surface area contributed by atoms with Crippen LogP contribution in [0.4, 0.5) is 4.79 Å². The molecule has 1 rings (SSSR count). The summed E-state index contributed by atoms with van der Waals surface area (Å²) in [7, 11) is 1.75. The maximum Gasteiger partial charge on any atom is 0.407 e. The van der Waals surface area contributed by atoms with Gasteiger partial charge in [-0.3, -0.25) is 4.99 Å². The normalized spacial score (nSPS) is 11.3. The van der Waals surface area contributed by atoms with Crippen LogP contribution in [0.1, 0.15) is 27.2 Å². The molecule has 0 aliphatic carbocycles. The van der Waals surface area contributed by atoms with Crippen molar-refractivity contribution in [1.29, 1.82) is 0 Å². The zero-order valence-electron chi connectivity index (χ0n) is 16.0. The minimum absolute atomic E-state index is 0.